The van der Waals surface area contributed by atoms with Crippen LogP contribution in [0.4, 0.5) is 10.1 Å². The first-order valence-electron chi connectivity index (χ1n) is 11.8. The second-order valence-corrected chi connectivity index (χ2v) is 9.37. The molecule has 2 aliphatic rings. The van der Waals surface area contributed by atoms with Crippen molar-refractivity contribution in [2.75, 3.05) is 18.0 Å². The van der Waals surface area contributed by atoms with E-state index < -0.39 is 23.3 Å². The Kier molecular flexibility index (Phi) is 8.57. The largest absolute Gasteiger partial charge is 0.477 e. The van der Waals surface area contributed by atoms with Gasteiger partial charge in [-0.3, -0.25) is 9.59 Å². The van der Waals surface area contributed by atoms with Gasteiger partial charge < -0.3 is 31.1 Å². The van der Waals surface area contributed by atoms with E-state index in [0.717, 1.165) is 24.5 Å². The molecule has 6 N–H and O–H groups in total. The SMILES string of the molecule is Cl.N[C@@H](Cc1ccccc1)C(=O)NC1CCN(c2cc3c(cc2F)c(=O)c(C(=O)O)cn3C2CC2)C1.O. The van der Waals surface area contributed by atoms with Crippen LogP contribution in [-0.2, 0) is 11.2 Å². The first-order valence-corrected chi connectivity index (χ1v) is 11.8. The van der Waals surface area contributed by atoms with E-state index in [9.17, 15) is 19.5 Å². The van der Waals surface area contributed by atoms with Crippen molar-refractivity contribution in [3.63, 3.8) is 0 Å². The second-order valence-electron chi connectivity index (χ2n) is 9.37. The Morgan fingerprint density at radius 3 is 2.51 bits per heavy atom. The van der Waals surface area contributed by atoms with E-state index in [0.29, 0.717) is 37.1 Å². The van der Waals surface area contributed by atoms with Gasteiger partial charge in [0.25, 0.3) is 0 Å². The average Bonchev–Trinajstić information content (AvgIpc) is 3.58. The molecule has 37 heavy (non-hydrogen) atoms. The number of hydrogen-bond donors (Lipinski definition) is 3. The number of amides is 1. The van der Waals surface area contributed by atoms with Crippen LogP contribution in [0.5, 0.6) is 0 Å². The van der Waals surface area contributed by atoms with Gasteiger partial charge in [-0.15, -0.1) is 12.4 Å². The molecule has 1 saturated heterocycles. The summed E-state index contributed by atoms with van der Waals surface area (Å²) in [6.45, 7) is 0.940. The summed E-state index contributed by atoms with van der Waals surface area (Å²) in [7, 11) is 0. The molecule has 9 nitrogen and oxygen atoms in total. The Balaban J connectivity index is 0.00000190. The van der Waals surface area contributed by atoms with Crippen molar-refractivity contribution in [1.82, 2.24) is 9.88 Å². The molecule has 1 aromatic heterocycles. The molecule has 2 aromatic carbocycles. The van der Waals surface area contributed by atoms with Crippen LogP contribution in [0.25, 0.3) is 10.9 Å². The van der Waals surface area contributed by atoms with Crippen LogP contribution in [0, 0.1) is 5.82 Å². The predicted octanol–water partition coefficient (Wildman–Crippen LogP) is 2.04. The van der Waals surface area contributed by atoms with E-state index in [-0.39, 0.29) is 46.8 Å². The minimum atomic E-state index is -1.32. The molecule has 11 heteroatoms. The van der Waals surface area contributed by atoms with Crippen molar-refractivity contribution >= 4 is 40.9 Å². The highest BCUT2D eigenvalue weighted by molar-refractivity contribution is 5.93. The number of carboxylic acid groups (broad SMARTS) is 1. The number of anilines is 1. The van der Waals surface area contributed by atoms with Crippen molar-refractivity contribution in [3.05, 3.63) is 75.8 Å². The van der Waals surface area contributed by atoms with E-state index in [1.165, 1.54) is 6.20 Å². The maximum atomic E-state index is 15.1. The van der Waals surface area contributed by atoms with Crippen LogP contribution < -0.4 is 21.4 Å². The zero-order valence-corrected chi connectivity index (χ0v) is 20.8. The zero-order valence-electron chi connectivity index (χ0n) is 20.0. The van der Waals surface area contributed by atoms with E-state index in [4.69, 9.17) is 5.73 Å². The lowest BCUT2D eigenvalue weighted by Gasteiger charge is -2.22. The highest BCUT2D eigenvalue weighted by atomic mass is 35.5. The Labute approximate surface area is 218 Å². The number of carbonyl (C=O) groups excluding carboxylic acids is 1. The summed E-state index contributed by atoms with van der Waals surface area (Å²) in [6.07, 6.45) is 4.19. The quantitative estimate of drug-likeness (QED) is 0.424. The first-order chi connectivity index (χ1) is 16.8. The molecule has 1 aliphatic carbocycles. The van der Waals surface area contributed by atoms with E-state index >= 15 is 4.39 Å². The van der Waals surface area contributed by atoms with Crippen LogP contribution in [0.3, 0.4) is 0 Å². The van der Waals surface area contributed by atoms with Crippen LogP contribution in [0.1, 0.15) is 41.2 Å². The predicted molar refractivity (Wildman–Crippen MR) is 141 cm³/mol. The minimum Gasteiger partial charge on any atom is -0.477 e. The number of hydrogen-bond acceptors (Lipinski definition) is 5. The summed E-state index contributed by atoms with van der Waals surface area (Å²) in [6, 6.07) is 11.6. The van der Waals surface area contributed by atoms with Crippen LogP contribution in [0.15, 0.2) is 53.5 Å². The monoisotopic (exact) mass is 532 g/mol. The zero-order chi connectivity index (χ0) is 24.7. The van der Waals surface area contributed by atoms with Crippen molar-refractivity contribution in [2.45, 2.75) is 43.8 Å². The second kappa shape index (κ2) is 11.3. The van der Waals surface area contributed by atoms with E-state index in [2.05, 4.69) is 5.32 Å². The number of aromatic carboxylic acids is 1. The molecule has 0 radical (unpaired) electrons. The fraction of sp³-hybridized carbons (Fsp3) is 0.346. The summed E-state index contributed by atoms with van der Waals surface area (Å²) >= 11 is 0. The van der Waals surface area contributed by atoms with Gasteiger partial charge in [0.1, 0.15) is 11.4 Å². The molecule has 5 rings (SSSR count). The molecule has 2 heterocycles. The normalized spacial score (nSPS) is 17.6. The van der Waals surface area contributed by atoms with Gasteiger partial charge in [-0.25, -0.2) is 9.18 Å². The van der Waals surface area contributed by atoms with Gasteiger partial charge in [0.05, 0.1) is 17.2 Å². The molecule has 1 unspecified atom stereocenters. The summed E-state index contributed by atoms with van der Waals surface area (Å²) in [4.78, 5) is 38.7. The van der Waals surface area contributed by atoms with Crippen LogP contribution in [-0.4, -0.2) is 52.2 Å². The van der Waals surface area contributed by atoms with Crippen LogP contribution in [0.2, 0.25) is 0 Å². The van der Waals surface area contributed by atoms with Gasteiger partial charge in [0.15, 0.2) is 0 Å². The standard InChI is InChI=1S/C26H27FN4O4.ClH.H2O/c27-20-11-18-22(31(17-6-7-17)14-19(24(18)32)26(34)35)12-23(20)30-9-8-16(13-30)29-25(33)21(28)10-15-4-2-1-3-5-15;;/h1-5,11-12,14,16-17,21H,6-10,13,28H2,(H,29,33)(H,34,35);1H;1H2/t16?,21-;;/m0../s1. The van der Waals surface area contributed by atoms with Crippen molar-refractivity contribution in [3.8, 4) is 0 Å². The molecule has 2 atom stereocenters. The molecular formula is C26H30ClFN4O5. The fourth-order valence-corrected chi connectivity index (χ4v) is 4.77. The number of nitrogens with one attached hydrogen (secondary N) is 1. The Bertz CT molecular complexity index is 1360. The van der Waals surface area contributed by atoms with Gasteiger partial charge in [-0.1, -0.05) is 30.3 Å². The molecule has 1 saturated carbocycles. The molecule has 1 aliphatic heterocycles. The molecule has 3 aromatic rings. The molecule has 1 amide bonds. The number of benzene rings is 2. The van der Waals surface area contributed by atoms with E-state index in [1.807, 2.05) is 35.2 Å². The molecule has 0 bridgehead atoms. The number of pyridine rings is 1. The lowest BCUT2D eigenvalue weighted by molar-refractivity contribution is -0.122. The number of fused-ring (bicyclic) bond motifs is 1. The number of rotatable bonds is 7. The van der Waals surface area contributed by atoms with Gasteiger partial charge in [-0.05, 0) is 43.4 Å². The molecular weight excluding hydrogens is 503 g/mol. The number of nitrogens with zero attached hydrogens (tertiary/aromatic N) is 2. The molecule has 198 valence electrons. The summed E-state index contributed by atoms with van der Waals surface area (Å²) in [5.74, 6) is -2.16. The van der Waals surface area contributed by atoms with Crippen molar-refractivity contribution in [1.29, 1.82) is 0 Å². The fourth-order valence-electron chi connectivity index (χ4n) is 4.77. The summed E-state index contributed by atoms with van der Waals surface area (Å²) < 4.78 is 16.9. The lowest BCUT2D eigenvalue weighted by Crippen LogP contribution is -2.47. The number of carboxylic acids is 1. The molecule has 2 fully saturated rings. The Morgan fingerprint density at radius 1 is 1.16 bits per heavy atom. The highest BCUT2D eigenvalue weighted by Crippen LogP contribution is 2.38. The Hall–Kier alpha value is -3.47. The minimum absolute atomic E-state index is 0. The van der Waals surface area contributed by atoms with Crippen molar-refractivity contribution in [2.24, 2.45) is 5.73 Å². The topological polar surface area (TPSA) is 149 Å². The lowest BCUT2D eigenvalue weighted by atomic mass is 10.1. The smallest absolute Gasteiger partial charge is 0.341 e. The number of halogens is 2. The van der Waals surface area contributed by atoms with E-state index in [1.54, 1.807) is 10.6 Å². The van der Waals surface area contributed by atoms with Gasteiger partial charge in [-0.2, -0.15) is 0 Å². The third kappa shape index (κ3) is 5.76. The highest BCUT2D eigenvalue weighted by Gasteiger charge is 2.30. The Morgan fingerprint density at radius 2 is 1.86 bits per heavy atom. The third-order valence-electron chi connectivity index (χ3n) is 6.78. The molecule has 0 spiro atoms. The van der Waals surface area contributed by atoms with Gasteiger partial charge in [0.2, 0.25) is 11.3 Å². The van der Waals surface area contributed by atoms with Crippen molar-refractivity contribution < 1.29 is 24.6 Å². The number of nitrogens with two attached hydrogens (primary N) is 1. The number of aromatic nitrogens is 1. The average molecular weight is 533 g/mol. The third-order valence-corrected chi connectivity index (χ3v) is 6.78. The number of carbonyl (C=O) groups is 2. The van der Waals surface area contributed by atoms with Gasteiger partial charge >= 0.3 is 5.97 Å². The van der Waals surface area contributed by atoms with Gasteiger partial charge in [0, 0.05) is 36.8 Å². The van der Waals surface area contributed by atoms with Crippen LogP contribution >= 0.6 is 12.4 Å². The summed E-state index contributed by atoms with van der Waals surface area (Å²) in [5.41, 5.74) is 6.90. The maximum Gasteiger partial charge on any atom is 0.341 e. The summed E-state index contributed by atoms with van der Waals surface area (Å²) in [5, 5.41) is 12.5. The first kappa shape index (κ1) is 28.1. The maximum absolute atomic E-state index is 15.1.